The molecule has 2 aromatic heterocycles. The van der Waals surface area contributed by atoms with Crippen LogP contribution in [0.2, 0.25) is 0 Å². The molecule has 0 saturated carbocycles. The van der Waals surface area contributed by atoms with Gasteiger partial charge in [-0.2, -0.15) is 0 Å². The quantitative estimate of drug-likeness (QED) is 0.507. The Balaban J connectivity index is 1.45. The molecule has 11 heteroatoms. The molecule has 0 spiro atoms. The van der Waals surface area contributed by atoms with Crippen LogP contribution in [-0.2, 0) is 4.74 Å². The molecule has 0 radical (unpaired) electrons. The van der Waals surface area contributed by atoms with E-state index >= 15 is 4.39 Å². The highest BCUT2D eigenvalue weighted by molar-refractivity contribution is 5.97. The van der Waals surface area contributed by atoms with Crippen molar-refractivity contribution < 1.29 is 23.1 Å². The molecule has 0 unspecified atom stereocenters. The van der Waals surface area contributed by atoms with Crippen molar-refractivity contribution in [1.82, 2.24) is 25.4 Å². The zero-order valence-corrected chi connectivity index (χ0v) is 20.2. The number of furan rings is 1. The van der Waals surface area contributed by atoms with Gasteiger partial charge in [-0.15, -0.1) is 10.2 Å². The predicted molar refractivity (Wildman–Crippen MR) is 127 cm³/mol. The number of methoxy groups -OCH3 is 1. The Hall–Kier alpha value is -3.31. The number of benzene rings is 1. The van der Waals surface area contributed by atoms with Gasteiger partial charge in [0.15, 0.2) is 24.2 Å². The number of hydrogen-bond donors (Lipinski definition) is 1. The molecule has 186 valence electrons. The number of amides is 1. The molecule has 5 rings (SSSR count). The summed E-state index contributed by atoms with van der Waals surface area (Å²) in [6, 6.07) is 5.09. The number of carbonyl (C=O) groups is 1. The highest BCUT2D eigenvalue weighted by Crippen LogP contribution is 2.35. The summed E-state index contributed by atoms with van der Waals surface area (Å²) in [6.07, 6.45) is 3.19. The van der Waals surface area contributed by atoms with E-state index < -0.39 is 6.17 Å². The molecule has 2 bridgehead atoms. The average molecular weight is 485 g/mol. The van der Waals surface area contributed by atoms with Gasteiger partial charge in [0.2, 0.25) is 0 Å². The predicted octanol–water partition coefficient (Wildman–Crippen LogP) is 2.64. The molecule has 2 aliphatic rings. The van der Waals surface area contributed by atoms with E-state index in [1.807, 2.05) is 11.9 Å². The molecule has 2 saturated heterocycles. The lowest BCUT2D eigenvalue weighted by Crippen LogP contribution is -2.55. The van der Waals surface area contributed by atoms with Crippen LogP contribution in [0.1, 0.15) is 29.8 Å². The minimum absolute atomic E-state index is 0.0179. The van der Waals surface area contributed by atoms with E-state index in [-0.39, 0.29) is 30.5 Å². The summed E-state index contributed by atoms with van der Waals surface area (Å²) < 4.78 is 31.6. The monoisotopic (exact) mass is 484 g/mol. The van der Waals surface area contributed by atoms with Gasteiger partial charge in [-0.25, -0.2) is 9.37 Å². The number of anilines is 1. The van der Waals surface area contributed by atoms with Crippen molar-refractivity contribution in [3.05, 3.63) is 30.2 Å². The van der Waals surface area contributed by atoms with E-state index in [0.29, 0.717) is 40.0 Å². The van der Waals surface area contributed by atoms with E-state index in [4.69, 9.17) is 13.9 Å². The van der Waals surface area contributed by atoms with Crippen molar-refractivity contribution in [2.75, 3.05) is 39.9 Å². The maximum absolute atomic E-state index is 15.0. The Morgan fingerprint density at radius 3 is 2.77 bits per heavy atom. The van der Waals surface area contributed by atoms with E-state index in [0.717, 1.165) is 19.3 Å². The molecular weight excluding hydrogens is 455 g/mol. The largest absolute Gasteiger partial charge is 0.467 e. The number of nitrogens with one attached hydrogen (secondary N) is 1. The normalized spacial score (nSPS) is 23.5. The summed E-state index contributed by atoms with van der Waals surface area (Å²) in [5.41, 5.74) is 1.03. The van der Waals surface area contributed by atoms with Crippen LogP contribution in [0.25, 0.3) is 22.4 Å². The van der Waals surface area contributed by atoms with Gasteiger partial charge in [-0.3, -0.25) is 4.79 Å². The van der Waals surface area contributed by atoms with Gasteiger partial charge < -0.3 is 29.0 Å². The summed E-state index contributed by atoms with van der Waals surface area (Å²) in [6.45, 7) is 0.0179. The van der Waals surface area contributed by atoms with Crippen molar-refractivity contribution in [2.45, 2.75) is 43.6 Å². The fourth-order valence-electron chi connectivity index (χ4n) is 4.88. The number of hydrogen-bond acceptors (Lipinski definition) is 9. The van der Waals surface area contributed by atoms with E-state index in [9.17, 15) is 4.79 Å². The Morgan fingerprint density at radius 2 is 2.06 bits per heavy atom. The minimum atomic E-state index is -0.977. The minimum Gasteiger partial charge on any atom is -0.467 e. The van der Waals surface area contributed by atoms with Crippen molar-refractivity contribution in [2.24, 2.45) is 0 Å². The number of fused-ring (bicyclic) bond motifs is 3. The Labute approximate surface area is 202 Å². The number of halogens is 1. The third-order valence-corrected chi connectivity index (χ3v) is 6.77. The second kappa shape index (κ2) is 9.38. The SMILES string of the molecule is COCOc1cc2cc(C(=O)N(C)C)oc2cc1-c1ncc(N(C)[C@@H]2C[C@H]3CC[C@H](N3)[C@@H]2F)nn1. The highest BCUT2D eigenvalue weighted by Gasteiger charge is 2.44. The third kappa shape index (κ3) is 4.41. The maximum Gasteiger partial charge on any atom is 0.289 e. The first-order chi connectivity index (χ1) is 16.9. The second-order valence-corrected chi connectivity index (χ2v) is 9.29. The van der Waals surface area contributed by atoms with E-state index in [2.05, 4.69) is 20.5 Å². The van der Waals surface area contributed by atoms with Gasteiger partial charge in [-0.05, 0) is 37.5 Å². The molecule has 10 nitrogen and oxygen atoms in total. The lowest BCUT2D eigenvalue weighted by atomic mass is 9.96. The number of rotatable bonds is 7. The molecular formula is C24H29FN6O4. The molecule has 1 aromatic carbocycles. The standard InChI is InChI=1S/C24H29FN6O4/c1-30(2)24(32)20-8-13-7-19(34-12-33-4)15(10-18(13)35-20)23-26-11-21(28-29-23)31(3)17-9-14-5-6-16(27-14)22(17)25/h7-8,10-11,14,16-17,22,27H,5-6,9,12H2,1-4H3/t14-,16+,17-,22+/m1/s1. The molecule has 35 heavy (non-hydrogen) atoms. The third-order valence-electron chi connectivity index (χ3n) is 6.77. The summed E-state index contributed by atoms with van der Waals surface area (Å²) in [5, 5.41) is 12.7. The fourth-order valence-corrected chi connectivity index (χ4v) is 4.88. The topological polar surface area (TPSA) is 106 Å². The van der Waals surface area contributed by atoms with Gasteiger partial charge in [0, 0.05) is 45.7 Å². The molecule has 4 atom stereocenters. The van der Waals surface area contributed by atoms with Crippen LogP contribution in [-0.4, -0.2) is 85.3 Å². The van der Waals surface area contributed by atoms with Gasteiger partial charge in [-0.1, -0.05) is 0 Å². The summed E-state index contributed by atoms with van der Waals surface area (Å²) in [7, 11) is 6.67. The first kappa shape index (κ1) is 23.4. The van der Waals surface area contributed by atoms with Crippen LogP contribution in [0.4, 0.5) is 10.2 Å². The highest BCUT2D eigenvalue weighted by atomic mass is 19.1. The van der Waals surface area contributed by atoms with Gasteiger partial charge >= 0.3 is 0 Å². The van der Waals surface area contributed by atoms with Crippen LogP contribution < -0.4 is 15.0 Å². The lowest BCUT2D eigenvalue weighted by Gasteiger charge is -2.38. The van der Waals surface area contributed by atoms with Gasteiger partial charge in [0.1, 0.15) is 17.5 Å². The summed E-state index contributed by atoms with van der Waals surface area (Å²) in [4.78, 5) is 20.1. The zero-order valence-electron chi connectivity index (χ0n) is 20.2. The number of carbonyl (C=O) groups excluding carboxylic acids is 1. The number of piperidine rings is 1. The molecule has 2 aliphatic heterocycles. The van der Waals surface area contributed by atoms with Gasteiger partial charge in [0.25, 0.3) is 5.91 Å². The molecule has 1 amide bonds. The van der Waals surface area contributed by atoms with E-state index in [1.54, 1.807) is 38.5 Å². The maximum atomic E-state index is 15.0. The van der Waals surface area contributed by atoms with Crippen molar-refractivity contribution in [3.8, 4) is 17.1 Å². The van der Waals surface area contributed by atoms with Crippen molar-refractivity contribution in [1.29, 1.82) is 0 Å². The Morgan fingerprint density at radius 1 is 1.23 bits per heavy atom. The average Bonchev–Trinajstić information content (AvgIpc) is 3.47. The smallest absolute Gasteiger partial charge is 0.289 e. The molecule has 2 fully saturated rings. The number of nitrogens with zero attached hydrogens (tertiary/aromatic N) is 5. The van der Waals surface area contributed by atoms with Gasteiger partial charge in [0.05, 0.1) is 17.8 Å². The lowest BCUT2D eigenvalue weighted by molar-refractivity contribution is 0.0516. The van der Waals surface area contributed by atoms with Crippen LogP contribution in [0, 0.1) is 0 Å². The summed E-state index contributed by atoms with van der Waals surface area (Å²) >= 11 is 0. The molecule has 4 heterocycles. The van der Waals surface area contributed by atoms with Crippen LogP contribution in [0.5, 0.6) is 5.75 Å². The first-order valence-corrected chi connectivity index (χ1v) is 11.6. The fraction of sp³-hybridized carbons (Fsp3) is 0.500. The number of alkyl halides is 1. The van der Waals surface area contributed by atoms with Crippen LogP contribution in [0.15, 0.2) is 28.8 Å². The Bertz CT molecular complexity index is 1220. The van der Waals surface area contributed by atoms with Crippen molar-refractivity contribution in [3.63, 3.8) is 0 Å². The molecule has 0 aliphatic carbocycles. The first-order valence-electron chi connectivity index (χ1n) is 11.6. The summed E-state index contributed by atoms with van der Waals surface area (Å²) in [5.74, 6) is 1.25. The molecule has 1 N–H and O–H groups in total. The van der Waals surface area contributed by atoms with E-state index in [1.165, 1.54) is 12.0 Å². The number of ether oxygens (including phenoxy) is 2. The second-order valence-electron chi connectivity index (χ2n) is 9.29. The van der Waals surface area contributed by atoms with Crippen LogP contribution >= 0.6 is 0 Å². The van der Waals surface area contributed by atoms with Crippen molar-refractivity contribution >= 4 is 22.7 Å². The molecule has 3 aromatic rings. The van der Waals surface area contributed by atoms with Crippen LogP contribution in [0.3, 0.4) is 0 Å². The zero-order chi connectivity index (χ0) is 24.7. The Kier molecular flexibility index (Phi) is 6.28. The number of aromatic nitrogens is 3.